The first-order valence-corrected chi connectivity index (χ1v) is 5.42. The van der Waals surface area contributed by atoms with E-state index in [0.717, 1.165) is 0 Å². The van der Waals surface area contributed by atoms with Crippen LogP contribution in [0.25, 0.3) is 0 Å². The minimum atomic E-state index is -0.370. The van der Waals surface area contributed by atoms with Crippen molar-refractivity contribution in [3.05, 3.63) is 18.1 Å². The lowest BCUT2D eigenvalue weighted by atomic mass is 10.3. The predicted octanol–water partition coefficient (Wildman–Crippen LogP) is 1.76. The van der Waals surface area contributed by atoms with Crippen molar-refractivity contribution in [3.8, 4) is 0 Å². The fourth-order valence-corrected chi connectivity index (χ4v) is 1.41. The summed E-state index contributed by atoms with van der Waals surface area (Å²) in [6, 6.07) is 0. The minimum Gasteiger partial charge on any atom is -0.459 e. The maximum Gasteiger partial charge on any atom is 0.342 e. The van der Waals surface area contributed by atoms with Crippen LogP contribution < -0.4 is 0 Å². The Morgan fingerprint density at radius 1 is 1.57 bits per heavy atom. The van der Waals surface area contributed by atoms with E-state index < -0.39 is 0 Å². The van der Waals surface area contributed by atoms with Crippen LogP contribution in [0.2, 0.25) is 0 Å². The molecule has 0 amide bonds. The van der Waals surface area contributed by atoms with Gasteiger partial charge in [0.25, 0.3) is 0 Å². The number of hydrogen-bond acceptors (Lipinski definition) is 5. The average molecular weight is 212 g/mol. The molecule has 0 aliphatic heterocycles. The van der Waals surface area contributed by atoms with Gasteiger partial charge in [-0.3, -0.25) is 0 Å². The summed E-state index contributed by atoms with van der Waals surface area (Å²) in [5.41, 5.74) is 0.425. The van der Waals surface area contributed by atoms with Gasteiger partial charge in [0.2, 0.25) is 0 Å². The SMILES string of the molecule is CSc1ncncc1C(=O)OC(C)C. The van der Waals surface area contributed by atoms with Gasteiger partial charge in [-0.2, -0.15) is 0 Å². The molecular formula is C9H12N2O2S. The molecule has 0 atom stereocenters. The second-order valence-electron chi connectivity index (χ2n) is 2.90. The molecule has 0 aliphatic carbocycles. The zero-order valence-electron chi connectivity index (χ0n) is 8.35. The Morgan fingerprint density at radius 2 is 2.29 bits per heavy atom. The Kier molecular flexibility index (Phi) is 3.88. The monoisotopic (exact) mass is 212 g/mol. The largest absolute Gasteiger partial charge is 0.459 e. The normalized spacial score (nSPS) is 10.3. The van der Waals surface area contributed by atoms with Crippen molar-refractivity contribution < 1.29 is 9.53 Å². The van der Waals surface area contributed by atoms with Crippen molar-refractivity contribution >= 4 is 17.7 Å². The molecule has 4 nitrogen and oxygen atoms in total. The van der Waals surface area contributed by atoms with Gasteiger partial charge in [-0.05, 0) is 20.1 Å². The van der Waals surface area contributed by atoms with E-state index in [-0.39, 0.29) is 12.1 Å². The minimum absolute atomic E-state index is 0.127. The molecule has 0 saturated carbocycles. The Bertz CT molecular complexity index is 328. The number of ether oxygens (including phenoxy) is 1. The van der Waals surface area contributed by atoms with Gasteiger partial charge in [-0.25, -0.2) is 14.8 Å². The van der Waals surface area contributed by atoms with E-state index in [4.69, 9.17) is 4.74 Å². The Hall–Kier alpha value is -1.10. The predicted molar refractivity (Wildman–Crippen MR) is 54.4 cm³/mol. The molecule has 1 rings (SSSR count). The quantitative estimate of drug-likeness (QED) is 0.434. The maximum atomic E-state index is 11.5. The molecule has 1 heterocycles. The first-order valence-electron chi connectivity index (χ1n) is 4.20. The van der Waals surface area contributed by atoms with Crippen molar-refractivity contribution in [1.29, 1.82) is 0 Å². The third-order valence-corrected chi connectivity index (χ3v) is 2.14. The van der Waals surface area contributed by atoms with Gasteiger partial charge in [-0.1, -0.05) is 0 Å². The van der Waals surface area contributed by atoms with Gasteiger partial charge < -0.3 is 4.74 Å². The van der Waals surface area contributed by atoms with Crippen LogP contribution in [0.3, 0.4) is 0 Å². The van der Waals surface area contributed by atoms with Gasteiger partial charge >= 0.3 is 5.97 Å². The number of esters is 1. The summed E-state index contributed by atoms with van der Waals surface area (Å²) in [7, 11) is 0. The zero-order valence-corrected chi connectivity index (χ0v) is 9.17. The van der Waals surface area contributed by atoms with Crippen molar-refractivity contribution in [2.24, 2.45) is 0 Å². The van der Waals surface area contributed by atoms with Crippen molar-refractivity contribution in [3.63, 3.8) is 0 Å². The van der Waals surface area contributed by atoms with E-state index in [0.29, 0.717) is 10.6 Å². The van der Waals surface area contributed by atoms with Gasteiger partial charge in [0.15, 0.2) is 0 Å². The molecule has 76 valence electrons. The van der Waals surface area contributed by atoms with Crippen LogP contribution in [-0.4, -0.2) is 28.3 Å². The molecule has 0 bridgehead atoms. The molecular weight excluding hydrogens is 200 g/mol. The summed E-state index contributed by atoms with van der Waals surface area (Å²) in [5.74, 6) is -0.370. The Labute approximate surface area is 87.1 Å². The molecule has 14 heavy (non-hydrogen) atoms. The maximum absolute atomic E-state index is 11.5. The highest BCUT2D eigenvalue weighted by Crippen LogP contribution is 2.16. The van der Waals surface area contributed by atoms with Gasteiger partial charge in [-0.15, -0.1) is 11.8 Å². The standard InChI is InChI=1S/C9H12N2O2S/c1-6(2)13-9(12)7-4-10-5-11-8(7)14-3/h4-6H,1-3H3. The van der Waals surface area contributed by atoms with Crippen LogP contribution in [0.5, 0.6) is 0 Å². The second-order valence-corrected chi connectivity index (χ2v) is 3.69. The molecule has 0 spiro atoms. The van der Waals surface area contributed by atoms with E-state index in [2.05, 4.69) is 9.97 Å². The molecule has 0 radical (unpaired) electrons. The number of hydrogen-bond donors (Lipinski definition) is 0. The molecule has 1 aromatic heterocycles. The summed E-state index contributed by atoms with van der Waals surface area (Å²) in [5, 5.41) is 0.644. The van der Waals surface area contributed by atoms with E-state index in [1.807, 2.05) is 6.26 Å². The molecule has 0 aliphatic rings. The van der Waals surface area contributed by atoms with Crippen molar-refractivity contribution in [2.75, 3.05) is 6.26 Å². The molecule has 0 N–H and O–H groups in total. The lowest BCUT2D eigenvalue weighted by Gasteiger charge is -2.08. The van der Waals surface area contributed by atoms with Gasteiger partial charge in [0.05, 0.1) is 6.10 Å². The first kappa shape index (κ1) is 11.0. The number of carbonyl (C=O) groups excluding carboxylic acids is 1. The number of nitrogens with zero attached hydrogens (tertiary/aromatic N) is 2. The number of rotatable bonds is 3. The topological polar surface area (TPSA) is 52.1 Å². The number of aromatic nitrogens is 2. The van der Waals surface area contributed by atoms with E-state index >= 15 is 0 Å². The molecule has 0 unspecified atom stereocenters. The lowest BCUT2D eigenvalue weighted by molar-refractivity contribution is 0.0372. The van der Waals surface area contributed by atoms with Crippen LogP contribution >= 0.6 is 11.8 Å². The number of thioether (sulfide) groups is 1. The highest BCUT2D eigenvalue weighted by molar-refractivity contribution is 7.98. The smallest absolute Gasteiger partial charge is 0.342 e. The highest BCUT2D eigenvalue weighted by atomic mass is 32.2. The zero-order chi connectivity index (χ0) is 10.6. The van der Waals surface area contributed by atoms with Crippen molar-refractivity contribution in [2.45, 2.75) is 25.0 Å². The number of carbonyl (C=O) groups is 1. The van der Waals surface area contributed by atoms with Crippen molar-refractivity contribution in [1.82, 2.24) is 9.97 Å². The van der Waals surface area contributed by atoms with Crippen LogP contribution in [0.1, 0.15) is 24.2 Å². The lowest BCUT2D eigenvalue weighted by Crippen LogP contribution is -2.13. The highest BCUT2D eigenvalue weighted by Gasteiger charge is 2.14. The summed E-state index contributed by atoms with van der Waals surface area (Å²) < 4.78 is 5.05. The summed E-state index contributed by atoms with van der Waals surface area (Å²) in [4.78, 5) is 19.3. The first-order chi connectivity index (χ1) is 6.65. The van der Waals surface area contributed by atoms with Crippen LogP contribution in [0, 0.1) is 0 Å². The van der Waals surface area contributed by atoms with E-state index in [1.54, 1.807) is 13.8 Å². The summed E-state index contributed by atoms with van der Waals surface area (Å²) in [6.45, 7) is 3.61. The van der Waals surface area contributed by atoms with Crippen LogP contribution in [0.4, 0.5) is 0 Å². The molecule has 5 heteroatoms. The second kappa shape index (κ2) is 4.95. The fraction of sp³-hybridized carbons (Fsp3) is 0.444. The Morgan fingerprint density at radius 3 is 2.86 bits per heavy atom. The van der Waals surface area contributed by atoms with Crippen LogP contribution in [-0.2, 0) is 4.74 Å². The summed E-state index contributed by atoms with van der Waals surface area (Å²) >= 11 is 1.40. The Balaban J connectivity index is 2.88. The fourth-order valence-electron chi connectivity index (χ4n) is 0.899. The van der Waals surface area contributed by atoms with E-state index in [1.165, 1.54) is 24.3 Å². The molecule has 0 aromatic carbocycles. The average Bonchev–Trinajstić information content (AvgIpc) is 2.16. The van der Waals surface area contributed by atoms with Gasteiger partial charge in [0.1, 0.15) is 16.9 Å². The molecule has 1 aromatic rings. The van der Waals surface area contributed by atoms with E-state index in [9.17, 15) is 4.79 Å². The molecule has 0 saturated heterocycles. The van der Waals surface area contributed by atoms with Gasteiger partial charge in [0, 0.05) is 6.20 Å². The van der Waals surface area contributed by atoms with Crippen LogP contribution in [0.15, 0.2) is 17.6 Å². The molecule has 0 fully saturated rings. The summed E-state index contributed by atoms with van der Waals surface area (Å²) in [6.07, 6.45) is 4.62. The third kappa shape index (κ3) is 2.70. The third-order valence-electron chi connectivity index (χ3n) is 1.43.